The van der Waals surface area contributed by atoms with Crippen LogP contribution in [0.4, 0.5) is 0 Å². The third-order valence-corrected chi connectivity index (χ3v) is 3.90. The predicted octanol–water partition coefficient (Wildman–Crippen LogP) is 0.992. The van der Waals surface area contributed by atoms with Crippen LogP contribution in [0.1, 0.15) is 34.1 Å². The van der Waals surface area contributed by atoms with Gasteiger partial charge in [-0.2, -0.15) is 0 Å². The highest BCUT2D eigenvalue weighted by Gasteiger charge is 2.48. The molecule has 4 heteroatoms. The number of nitrogens with two attached hydrogens (primary N) is 1. The molecule has 0 amide bonds. The summed E-state index contributed by atoms with van der Waals surface area (Å²) in [5.41, 5.74) is 5.60. The van der Waals surface area contributed by atoms with E-state index in [0.29, 0.717) is 12.6 Å². The molecule has 4 nitrogen and oxygen atoms in total. The fourth-order valence-corrected chi connectivity index (χ4v) is 3.27. The van der Waals surface area contributed by atoms with Gasteiger partial charge in [-0.15, -0.1) is 0 Å². The molecule has 2 heterocycles. The first-order valence-electron chi connectivity index (χ1n) is 6.60. The first-order valence-corrected chi connectivity index (χ1v) is 6.60. The highest BCUT2D eigenvalue weighted by Crippen LogP contribution is 2.40. The molecule has 0 spiro atoms. The fraction of sp³-hybridized carbons (Fsp3) is 1.00. The fourth-order valence-electron chi connectivity index (χ4n) is 3.27. The number of nitrogens with zero attached hydrogens (tertiary/aromatic N) is 1. The summed E-state index contributed by atoms with van der Waals surface area (Å²) in [4.78, 5) is 2.50. The lowest BCUT2D eigenvalue weighted by molar-refractivity contribution is -0.0976. The zero-order chi connectivity index (χ0) is 12.7. The van der Waals surface area contributed by atoms with E-state index < -0.39 is 0 Å². The third kappa shape index (κ3) is 2.81. The van der Waals surface area contributed by atoms with E-state index in [9.17, 15) is 0 Å². The molecule has 0 saturated carbocycles. The van der Waals surface area contributed by atoms with Crippen LogP contribution in [0.3, 0.4) is 0 Å². The van der Waals surface area contributed by atoms with Crippen molar-refractivity contribution in [3.63, 3.8) is 0 Å². The number of rotatable bonds is 2. The van der Waals surface area contributed by atoms with Crippen molar-refractivity contribution < 1.29 is 9.47 Å². The lowest BCUT2D eigenvalue weighted by Gasteiger charge is -2.40. The molecular formula is C13H26N2O2. The molecule has 2 unspecified atom stereocenters. The molecule has 2 aliphatic rings. The molecule has 2 N–H and O–H groups in total. The Hall–Kier alpha value is -0.160. The van der Waals surface area contributed by atoms with Crippen LogP contribution in [0.15, 0.2) is 0 Å². The minimum atomic E-state index is -0.0833. The molecule has 0 radical (unpaired) electrons. The smallest absolute Gasteiger partial charge is 0.0824 e. The maximum atomic E-state index is 6.16. The van der Waals surface area contributed by atoms with E-state index in [1.165, 1.54) is 0 Å². The molecular weight excluding hydrogens is 216 g/mol. The summed E-state index contributed by atoms with van der Waals surface area (Å²) in [6.45, 7) is 12.1. The summed E-state index contributed by atoms with van der Waals surface area (Å²) >= 11 is 0. The minimum absolute atomic E-state index is 0.0231. The molecule has 17 heavy (non-hydrogen) atoms. The Morgan fingerprint density at radius 1 is 1.29 bits per heavy atom. The first-order chi connectivity index (χ1) is 7.84. The normalized spacial score (nSPS) is 37.2. The molecule has 0 aromatic carbocycles. The maximum absolute atomic E-state index is 6.16. The van der Waals surface area contributed by atoms with Gasteiger partial charge in [-0.05, 0) is 34.1 Å². The Kier molecular flexibility index (Phi) is 3.51. The second-order valence-corrected chi connectivity index (χ2v) is 6.41. The van der Waals surface area contributed by atoms with Crippen molar-refractivity contribution in [3.8, 4) is 0 Å². The van der Waals surface area contributed by atoms with Crippen LogP contribution in [0.2, 0.25) is 0 Å². The lowest BCUT2D eigenvalue weighted by atomic mass is 9.92. The van der Waals surface area contributed by atoms with Crippen LogP contribution >= 0.6 is 0 Å². The van der Waals surface area contributed by atoms with E-state index in [4.69, 9.17) is 15.2 Å². The molecule has 0 aromatic heterocycles. The van der Waals surface area contributed by atoms with Gasteiger partial charge in [-0.3, -0.25) is 4.90 Å². The Labute approximate surface area is 104 Å². The van der Waals surface area contributed by atoms with Crippen LogP contribution in [-0.4, -0.2) is 54.5 Å². The largest absolute Gasteiger partial charge is 0.374 e. The van der Waals surface area contributed by atoms with E-state index in [1.807, 2.05) is 0 Å². The van der Waals surface area contributed by atoms with Crippen molar-refractivity contribution in [1.82, 2.24) is 4.90 Å². The van der Waals surface area contributed by atoms with Gasteiger partial charge in [0, 0.05) is 25.7 Å². The van der Waals surface area contributed by atoms with Gasteiger partial charge in [-0.1, -0.05) is 0 Å². The average molecular weight is 242 g/mol. The predicted molar refractivity (Wildman–Crippen MR) is 68.0 cm³/mol. The van der Waals surface area contributed by atoms with Crippen LogP contribution in [0.25, 0.3) is 0 Å². The van der Waals surface area contributed by atoms with Crippen LogP contribution in [0.5, 0.6) is 0 Å². The van der Waals surface area contributed by atoms with Gasteiger partial charge in [0.25, 0.3) is 0 Å². The van der Waals surface area contributed by atoms with E-state index in [1.54, 1.807) is 0 Å². The van der Waals surface area contributed by atoms with E-state index in [0.717, 1.165) is 26.1 Å². The Bertz CT molecular complexity index is 279. The summed E-state index contributed by atoms with van der Waals surface area (Å²) in [6.07, 6.45) is 1.26. The van der Waals surface area contributed by atoms with Gasteiger partial charge < -0.3 is 15.2 Å². The summed E-state index contributed by atoms with van der Waals surface area (Å²) in [5, 5.41) is 0. The van der Waals surface area contributed by atoms with Crippen molar-refractivity contribution in [2.24, 2.45) is 5.73 Å². The van der Waals surface area contributed by atoms with Gasteiger partial charge in [-0.25, -0.2) is 0 Å². The summed E-state index contributed by atoms with van der Waals surface area (Å²) < 4.78 is 11.8. The maximum Gasteiger partial charge on any atom is 0.0824 e. The minimum Gasteiger partial charge on any atom is -0.374 e. The zero-order valence-corrected chi connectivity index (χ0v) is 11.5. The van der Waals surface area contributed by atoms with Gasteiger partial charge in [0.15, 0.2) is 0 Å². The average Bonchev–Trinajstić information content (AvgIpc) is 2.47. The number of morpholine rings is 1. The van der Waals surface area contributed by atoms with Crippen LogP contribution in [-0.2, 0) is 9.47 Å². The number of hydrogen-bond donors (Lipinski definition) is 1. The van der Waals surface area contributed by atoms with Crippen molar-refractivity contribution in [2.45, 2.75) is 57.5 Å². The number of ether oxygens (including phenoxy) is 2. The summed E-state index contributed by atoms with van der Waals surface area (Å²) in [6, 6.07) is 0.468. The Balaban J connectivity index is 2.06. The molecule has 2 rings (SSSR count). The SMILES string of the molecule is CC1(C)CC(N2CCOC(CN)C2)C(C)(C)O1. The molecule has 2 saturated heterocycles. The molecule has 2 fully saturated rings. The van der Waals surface area contributed by atoms with Crippen molar-refractivity contribution in [2.75, 3.05) is 26.2 Å². The third-order valence-electron chi connectivity index (χ3n) is 3.90. The quantitative estimate of drug-likeness (QED) is 0.784. The first kappa shape index (κ1) is 13.3. The van der Waals surface area contributed by atoms with Gasteiger partial charge in [0.2, 0.25) is 0 Å². The van der Waals surface area contributed by atoms with Crippen LogP contribution in [0, 0.1) is 0 Å². The molecule has 0 aliphatic carbocycles. The van der Waals surface area contributed by atoms with Gasteiger partial charge in [0.1, 0.15) is 0 Å². The highest BCUT2D eigenvalue weighted by molar-refractivity contribution is 5.01. The second kappa shape index (κ2) is 4.50. The summed E-state index contributed by atoms with van der Waals surface area (Å²) in [5.74, 6) is 0. The Morgan fingerprint density at radius 3 is 2.53 bits per heavy atom. The molecule has 2 atom stereocenters. The summed E-state index contributed by atoms with van der Waals surface area (Å²) in [7, 11) is 0. The van der Waals surface area contributed by atoms with E-state index >= 15 is 0 Å². The molecule has 0 aromatic rings. The molecule has 0 bridgehead atoms. The zero-order valence-electron chi connectivity index (χ0n) is 11.5. The molecule has 2 aliphatic heterocycles. The van der Waals surface area contributed by atoms with Gasteiger partial charge >= 0.3 is 0 Å². The highest BCUT2D eigenvalue weighted by atomic mass is 16.5. The number of hydrogen-bond acceptors (Lipinski definition) is 4. The second-order valence-electron chi connectivity index (χ2n) is 6.41. The van der Waals surface area contributed by atoms with Gasteiger partial charge in [0.05, 0.1) is 23.9 Å². The standard InChI is InChI=1S/C13H26N2O2/c1-12(2)7-11(13(3,4)17-12)15-5-6-16-10(8-14)9-15/h10-11H,5-9,14H2,1-4H3. The topological polar surface area (TPSA) is 47.7 Å². The van der Waals surface area contributed by atoms with E-state index in [-0.39, 0.29) is 17.3 Å². The van der Waals surface area contributed by atoms with Crippen molar-refractivity contribution in [1.29, 1.82) is 0 Å². The van der Waals surface area contributed by atoms with E-state index in [2.05, 4.69) is 32.6 Å². The molecule has 100 valence electrons. The Morgan fingerprint density at radius 2 is 2.00 bits per heavy atom. The van der Waals surface area contributed by atoms with Crippen molar-refractivity contribution >= 4 is 0 Å². The monoisotopic (exact) mass is 242 g/mol. The lowest BCUT2D eigenvalue weighted by Crippen LogP contribution is -2.54. The van der Waals surface area contributed by atoms with Crippen LogP contribution < -0.4 is 5.73 Å². The van der Waals surface area contributed by atoms with Crippen molar-refractivity contribution in [3.05, 3.63) is 0 Å².